The van der Waals surface area contributed by atoms with Crippen LogP contribution in [-0.4, -0.2) is 39.8 Å². The minimum atomic E-state index is -0.184. The fourth-order valence-corrected chi connectivity index (χ4v) is 3.91. The fourth-order valence-electron chi connectivity index (χ4n) is 2.84. The number of carbonyl (C=O) groups excluding carboxylic acids is 1. The molecule has 29 heavy (non-hydrogen) atoms. The van der Waals surface area contributed by atoms with E-state index in [2.05, 4.69) is 46.7 Å². The van der Waals surface area contributed by atoms with E-state index in [0.29, 0.717) is 10.8 Å². The number of nitrogens with zero attached hydrogens (tertiary/aromatic N) is 4. The quantitative estimate of drug-likeness (QED) is 0.581. The molecular formula is C21H24ClN5OS. The number of hydrogen-bond donors (Lipinski definition) is 1. The predicted octanol–water partition coefficient (Wildman–Crippen LogP) is 4.60. The number of urea groups is 1. The van der Waals surface area contributed by atoms with Crippen LogP contribution in [0, 0.1) is 13.8 Å². The number of rotatable bonds is 6. The minimum Gasteiger partial charge on any atom is -0.331 e. The number of hydrogen-bond acceptors (Lipinski definition) is 4. The number of thioether (sulfide) groups is 1. The Morgan fingerprint density at radius 1 is 1.17 bits per heavy atom. The molecule has 1 N–H and O–H groups in total. The van der Waals surface area contributed by atoms with Crippen LogP contribution in [0.4, 0.5) is 4.79 Å². The molecule has 2 amide bonds. The van der Waals surface area contributed by atoms with Gasteiger partial charge in [-0.2, -0.15) is 0 Å². The van der Waals surface area contributed by atoms with E-state index in [1.165, 1.54) is 16.0 Å². The standard InChI is InChI=1S/C21H24ClN5OS/c1-14-6-5-7-16(10-14)13-29-21-25-24-19(12-23-20(28)26(3)4)27(21)18-11-17(22)9-8-15(18)2/h5-11H,12-13H2,1-4H3,(H,23,28). The zero-order valence-corrected chi connectivity index (χ0v) is 18.5. The molecule has 3 aromatic rings. The first-order valence-corrected chi connectivity index (χ1v) is 10.6. The highest BCUT2D eigenvalue weighted by Crippen LogP contribution is 2.28. The highest BCUT2D eigenvalue weighted by atomic mass is 35.5. The molecule has 0 aliphatic rings. The smallest absolute Gasteiger partial charge is 0.317 e. The van der Waals surface area contributed by atoms with Crippen LogP contribution in [0.25, 0.3) is 5.69 Å². The van der Waals surface area contributed by atoms with Crippen LogP contribution in [0.2, 0.25) is 5.02 Å². The summed E-state index contributed by atoms with van der Waals surface area (Å²) in [5.74, 6) is 1.42. The number of aromatic nitrogens is 3. The van der Waals surface area contributed by atoms with E-state index in [1.807, 2.05) is 29.7 Å². The van der Waals surface area contributed by atoms with Crippen molar-refractivity contribution in [3.63, 3.8) is 0 Å². The van der Waals surface area contributed by atoms with Crippen molar-refractivity contribution in [3.8, 4) is 5.69 Å². The molecule has 0 atom stereocenters. The van der Waals surface area contributed by atoms with Gasteiger partial charge in [-0.3, -0.25) is 4.57 Å². The summed E-state index contributed by atoms with van der Waals surface area (Å²) in [7, 11) is 3.40. The van der Waals surface area contributed by atoms with E-state index in [0.717, 1.165) is 22.2 Å². The van der Waals surface area contributed by atoms with E-state index in [-0.39, 0.29) is 12.6 Å². The molecule has 8 heteroatoms. The van der Waals surface area contributed by atoms with Crippen molar-refractivity contribution in [2.24, 2.45) is 0 Å². The van der Waals surface area contributed by atoms with Crippen LogP contribution in [0.1, 0.15) is 22.5 Å². The Hall–Kier alpha value is -2.51. The maximum atomic E-state index is 12.0. The molecule has 0 unspecified atom stereocenters. The van der Waals surface area contributed by atoms with Gasteiger partial charge in [-0.05, 0) is 37.1 Å². The van der Waals surface area contributed by atoms with Crippen LogP contribution < -0.4 is 5.32 Å². The van der Waals surface area contributed by atoms with Crippen LogP contribution in [0.15, 0.2) is 47.6 Å². The third-order valence-corrected chi connectivity index (χ3v) is 5.60. The van der Waals surface area contributed by atoms with Gasteiger partial charge in [0.15, 0.2) is 11.0 Å². The van der Waals surface area contributed by atoms with Crippen molar-refractivity contribution in [2.75, 3.05) is 14.1 Å². The number of nitrogens with one attached hydrogen (secondary N) is 1. The van der Waals surface area contributed by atoms with Crippen LogP contribution in [0.5, 0.6) is 0 Å². The summed E-state index contributed by atoms with van der Waals surface area (Å²) in [5, 5.41) is 13.0. The maximum Gasteiger partial charge on any atom is 0.317 e. The van der Waals surface area contributed by atoms with Crippen molar-refractivity contribution in [2.45, 2.75) is 31.3 Å². The highest BCUT2D eigenvalue weighted by molar-refractivity contribution is 7.98. The lowest BCUT2D eigenvalue weighted by molar-refractivity contribution is 0.216. The van der Waals surface area contributed by atoms with Crippen molar-refractivity contribution in [3.05, 3.63) is 70.0 Å². The summed E-state index contributed by atoms with van der Waals surface area (Å²) in [6, 6.07) is 13.9. The largest absolute Gasteiger partial charge is 0.331 e. The summed E-state index contributed by atoms with van der Waals surface area (Å²) in [4.78, 5) is 13.5. The number of benzene rings is 2. The van der Waals surface area contributed by atoms with Gasteiger partial charge in [-0.25, -0.2) is 4.79 Å². The van der Waals surface area contributed by atoms with E-state index in [9.17, 15) is 4.79 Å². The zero-order valence-electron chi connectivity index (χ0n) is 16.9. The van der Waals surface area contributed by atoms with Gasteiger partial charge < -0.3 is 10.2 Å². The van der Waals surface area contributed by atoms with Crippen molar-refractivity contribution in [1.82, 2.24) is 25.0 Å². The predicted molar refractivity (Wildman–Crippen MR) is 118 cm³/mol. The summed E-state index contributed by atoms with van der Waals surface area (Å²) in [5.41, 5.74) is 4.40. The zero-order chi connectivity index (χ0) is 21.0. The number of halogens is 1. The molecule has 0 saturated heterocycles. The van der Waals surface area contributed by atoms with Gasteiger partial charge in [0.05, 0.1) is 12.2 Å². The molecule has 0 fully saturated rings. The first-order chi connectivity index (χ1) is 13.8. The molecule has 0 aliphatic carbocycles. The average Bonchev–Trinajstić information content (AvgIpc) is 3.09. The van der Waals surface area contributed by atoms with E-state index >= 15 is 0 Å². The Balaban J connectivity index is 1.93. The second-order valence-electron chi connectivity index (χ2n) is 7.00. The third kappa shape index (κ3) is 5.31. The van der Waals surface area contributed by atoms with Crippen molar-refractivity contribution >= 4 is 29.4 Å². The monoisotopic (exact) mass is 429 g/mol. The minimum absolute atomic E-state index is 0.184. The Bertz CT molecular complexity index is 1020. The van der Waals surface area contributed by atoms with Crippen LogP contribution in [0.3, 0.4) is 0 Å². The van der Waals surface area contributed by atoms with Gasteiger partial charge in [0.1, 0.15) is 0 Å². The lowest BCUT2D eigenvalue weighted by Gasteiger charge is -2.15. The molecule has 0 saturated carbocycles. The lowest BCUT2D eigenvalue weighted by Crippen LogP contribution is -2.34. The van der Waals surface area contributed by atoms with E-state index < -0.39 is 0 Å². The van der Waals surface area contributed by atoms with Crippen LogP contribution >= 0.6 is 23.4 Å². The summed E-state index contributed by atoms with van der Waals surface area (Å²) in [6.07, 6.45) is 0. The summed E-state index contributed by atoms with van der Waals surface area (Å²) < 4.78 is 1.97. The second kappa shape index (κ2) is 9.33. The highest BCUT2D eigenvalue weighted by Gasteiger charge is 2.17. The summed E-state index contributed by atoms with van der Waals surface area (Å²) in [6.45, 7) is 4.36. The van der Waals surface area contributed by atoms with Crippen molar-refractivity contribution in [1.29, 1.82) is 0 Å². The molecule has 152 valence electrons. The molecule has 0 spiro atoms. The van der Waals surface area contributed by atoms with Crippen molar-refractivity contribution < 1.29 is 4.79 Å². The SMILES string of the molecule is Cc1cccc(CSc2nnc(CNC(=O)N(C)C)n2-c2cc(Cl)ccc2C)c1. The molecular weight excluding hydrogens is 406 g/mol. The Kier molecular flexibility index (Phi) is 6.82. The van der Waals surface area contributed by atoms with Gasteiger partial charge in [0, 0.05) is 24.9 Å². The Labute approximate surface area is 180 Å². The van der Waals surface area contributed by atoms with Crippen LogP contribution in [-0.2, 0) is 12.3 Å². The average molecular weight is 430 g/mol. The molecule has 6 nitrogen and oxygen atoms in total. The third-order valence-electron chi connectivity index (χ3n) is 4.37. The second-order valence-corrected chi connectivity index (χ2v) is 8.37. The number of aryl methyl sites for hydroxylation is 2. The van der Waals surface area contributed by atoms with Gasteiger partial charge in [0.2, 0.25) is 0 Å². The fraction of sp³-hybridized carbons (Fsp3) is 0.286. The Morgan fingerprint density at radius 2 is 1.97 bits per heavy atom. The topological polar surface area (TPSA) is 63.1 Å². The molecule has 0 aliphatic heterocycles. The molecule has 0 bridgehead atoms. The molecule has 3 rings (SSSR count). The van der Waals surface area contributed by atoms with E-state index in [4.69, 9.17) is 11.6 Å². The lowest BCUT2D eigenvalue weighted by atomic mass is 10.2. The first-order valence-electron chi connectivity index (χ1n) is 9.19. The molecule has 0 radical (unpaired) electrons. The van der Waals surface area contributed by atoms with Gasteiger partial charge in [-0.1, -0.05) is 59.3 Å². The van der Waals surface area contributed by atoms with E-state index in [1.54, 1.807) is 25.9 Å². The maximum absolute atomic E-state index is 12.0. The molecule has 1 heterocycles. The van der Waals surface area contributed by atoms with Gasteiger partial charge in [0.25, 0.3) is 0 Å². The molecule has 2 aromatic carbocycles. The normalized spacial score (nSPS) is 10.8. The summed E-state index contributed by atoms with van der Waals surface area (Å²) >= 11 is 7.86. The first kappa shape index (κ1) is 21.2. The number of carbonyl (C=O) groups is 1. The van der Waals surface area contributed by atoms with Gasteiger partial charge >= 0.3 is 6.03 Å². The Morgan fingerprint density at radius 3 is 2.69 bits per heavy atom. The van der Waals surface area contributed by atoms with Gasteiger partial charge in [-0.15, -0.1) is 10.2 Å². The number of amides is 2. The molecule has 1 aromatic heterocycles.